The van der Waals surface area contributed by atoms with Gasteiger partial charge in [0.05, 0.1) is 0 Å². The van der Waals surface area contributed by atoms with E-state index >= 15 is 0 Å². The largest absolute Gasteiger partial charge is 0.336 e. The van der Waals surface area contributed by atoms with Crippen molar-refractivity contribution in [1.29, 1.82) is 0 Å². The highest BCUT2D eigenvalue weighted by atomic mass is 32.2. The molecular weight excluding hydrogens is 244 g/mol. The second-order valence-corrected chi connectivity index (χ2v) is 5.36. The molecule has 0 aliphatic carbocycles. The first-order valence-electron chi connectivity index (χ1n) is 6.36. The number of pyridine rings is 1. The normalized spacial score (nSPS) is 12.2. The summed E-state index contributed by atoms with van der Waals surface area (Å²) in [6.45, 7) is 4.91. The Morgan fingerprint density at radius 2 is 2.11 bits per heavy atom. The van der Waals surface area contributed by atoms with Crippen LogP contribution in [0.2, 0.25) is 0 Å². The summed E-state index contributed by atoms with van der Waals surface area (Å²) < 4.78 is 0. The fraction of sp³-hybridized carbons (Fsp3) is 0.571. The van der Waals surface area contributed by atoms with E-state index in [9.17, 15) is 4.79 Å². The highest BCUT2D eigenvalue weighted by Gasteiger charge is 2.18. The number of rotatable bonds is 7. The second kappa shape index (κ2) is 8.14. The first kappa shape index (κ1) is 15.0. The molecule has 1 amide bonds. The third-order valence-electron chi connectivity index (χ3n) is 3.07. The van der Waals surface area contributed by atoms with E-state index < -0.39 is 0 Å². The lowest BCUT2D eigenvalue weighted by molar-refractivity contribution is -0.133. The topological polar surface area (TPSA) is 33.2 Å². The number of hydrogen-bond acceptors (Lipinski definition) is 3. The molecule has 1 atom stereocenters. The van der Waals surface area contributed by atoms with Crippen LogP contribution in [0.5, 0.6) is 0 Å². The van der Waals surface area contributed by atoms with Gasteiger partial charge in [0.1, 0.15) is 0 Å². The summed E-state index contributed by atoms with van der Waals surface area (Å²) in [6.07, 6.45) is 7.18. The van der Waals surface area contributed by atoms with Gasteiger partial charge < -0.3 is 4.90 Å². The lowest BCUT2D eigenvalue weighted by atomic mass is 10.1. The Balaban J connectivity index is 2.69. The molecule has 1 aromatic rings. The van der Waals surface area contributed by atoms with Crippen LogP contribution >= 0.6 is 11.8 Å². The van der Waals surface area contributed by atoms with Crippen molar-refractivity contribution in [2.75, 3.05) is 12.0 Å². The highest BCUT2D eigenvalue weighted by molar-refractivity contribution is 7.98. The van der Waals surface area contributed by atoms with Crippen molar-refractivity contribution in [2.45, 2.75) is 39.3 Å². The first-order chi connectivity index (χ1) is 8.69. The van der Waals surface area contributed by atoms with Crippen molar-refractivity contribution in [3.05, 3.63) is 30.1 Å². The van der Waals surface area contributed by atoms with Crippen molar-refractivity contribution in [1.82, 2.24) is 9.88 Å². The number of carbonyl (C=O) groups excluding carboxylic acids is 1. The second-order valence-electron chi connectivity index (χ2n) is 4.38. The van der Waals surface area contributed by atoms with Crippen molar-refractivity contribution >= 4 is 17.7 Å². The molecule has 0 aromatic carbocycles. The predicted octanol–water partition coefficient (Wildman–Crippen LogP) is 2.96. The molecule has 1 rings (SSSR count). The van der Waals surface area contributed by atoms with Crippen LogP contribution in [-0.2, 0) is 11.3 Å². The van der Waals surface area contributed by atoms with Gasteiger partial charge in [-0.1, -0.05) is 6.92 Å². The van der Waals surface area contributed by atoms with E-state index in [1.54, 1.807) is 24.2 Å². The molecule has 4 heteroatoms. The number of thioether (sulfide) groups is 1. The zero-order valence-corrected chi connectivity index (χ0v) is 12.2. The number of amides is 1. The zero-order chi connectivity index (χ0) is 13.4. The standard InChI is InChI=1S/C14H22N2OS/c1-4-12(2)16(14(17)7-10-18-3)11-13-5-8-15-9-6-13/h5-6,8-9,12H,4,7,10-11H2,1-3H3. The zero-order valence-electron chi connectivity index (χ0n) is 11.4. The average Bonchev–Trinajstić information content (AvgIpc) is 2.42. The average molecular weight is 266 g/mol. The van der Waals surface area contributed by atoms with Gasteiger partial charge in [0.15, 0.2) is 0 Å². The van der Waals surface area contributed by atoms with Gasteiger partial charge in [-0.2, -0.15) is 11.8 Å². The Labute approximate surface area is 114 Å². The van der Waals surface area contributed by atoms with Crippen LogP contribution in [0.3, 0.4) is 0 Å². The van der Waals surface area contributed by atoms with Gasteiger partial charge in [-0.15, -0.1) is 0 Å². The van der Waals surface area contributed by atoms with Crippen molar-refractivity contribution in [3.8, 4) is 0 Å². The maximum Gasteiger partial charge on any atom is 0.223 e. The minimum absolute atomic E-state index is 0.246. The Morgan fingerprint density at radius 1 is 1.44 bits per heavy atom. The molecule has 0 N–H and O–H groups in total. The van der Waals surface area contributed by atoms with Crippen molar-refractivity contribution in [3.63, 3.8) is 0 Å². The lowest BCUT2D eigenvalue weighted by Gasteiger charge is -2.28. The van der Waals surface area contributed by atoms with Crippen molar-refractivity contribution in [2.24, 2.45) is 0 Å². The fourth-order valence-electron chi connectivity index (χ4n) is 1.73. The molecule has 0 aliphatic heterocycles. The van der Waals surface area contributed by atoms with E-state index in [0.29, 0.717) is 13.0 Å². The number of carbonyl (C=O) groups is 1. The monoisotopic (exact) mass is 266 g/mol. The molecule has 0 saturated heterocycles. The summed E-state index contributed by atoms with van der Waals surface area (Å²) in [4.78, 5) is 18.2. The van der Waals surface area contributed by atoms with Crippen LogP contribution in [0.1, 0.15) is 32.3 Å². The molecule has 1 aromatic heterocycles. The van der Waals surface area contributed by atoms with Gasteiger partial charge in [0.2, 0.25) is 5.91 Å². The summed E-state index contributed by atoms with van der Waals surface area (Å²) in [7, 11) is 0. The Bertz CT molecular complexity index is 356. The third kappa shape index (κ3) is 4.69. The number of aromatic nitrogens is 1. The maximum absolute atomic E-state index is 12.2. The minimum atomic E-state index is 0.246. The Hall–Kier alpha value is -1.03. The van der Waals surface area contributed by atoms with Crippen LogP contribution < -0.4 is 0 Å². The molecule has 0 radical (unpaired) electrons. The molecule has 1 heterocycles. The van der Waals surface area contributed by atoms with E-state index in [2.05, 4.69) is 18.8 Å². The van der Waals surface area contributed by atoms with E-state index in [1.807, 2.05) is 23.3 Å². The van der Waals surface area contributed by atoms with Gasteiger partial charge in [-0.3, -0.25) is 9.78 Å². The Morgan fingerprint density at radius 3 is 2.67 bits per heavy atom. The van der Waals surface area contributed by atoms with Gasteiger partial charge in [0.25, 0.3) is 0 Å². The van der Waals surface area contributed by atoms with Crippen LogP contribution in [0.25, 0.3) is 0 Å². The number of nitrogens with zero attached hydrogens (tertiary/aromatic N) is 2. The smallest absolute Gasteiger partial charge is 0.223 e. The van der Waals surface area contributed by atoms with E-state index in [4.69, 9.17) is 0 Å². The predicted molar refractivity (Wildman–Crippen MR) is 77.5 cm³/mol. The summed E-state index contributed by atoms with van der Waals surface area (Å²) in [5.41, 5.74) is 1.14. The van der Waals surface area contributed by atoms with Crippen molar-refractivity contribution < 1.29 is 4.79 Å². The first-order valence-corrected chi connectivity index (χ1v) is 7.75. The van der Waals surface area contributed by atoms with Crippen LogP contribution in [0.15, 0.2) is 24.5 Å². The molecular formula is C14H22N2OS. The molecule has 0 fully saturated rings. The molecule has 100 valence electrons. The summed E-state index contributed by atoms with van der Waals surface area (Å²) in [5.74, 6) is 1.14. The SMILES string of the molecule is CCC(C)N(Cc1ccncc1)C(=O)CCSC. The molecule has 0 saturated carbocycles. The number of hydrogen-bond donors (Lipinski definition) is 0. The minimum Gasteiger partial charge on any atom is -0.336 e. The maximum atomic E-state index is 12.2. The molecule has 18 heavy (non-hydrogen) atoms. The molecule has 0 aliphatic rings. The molecule has 1 unspecified atom stereocenters. The molecule has 3 nitrogen and oxygen atoms in total. The summed E-state index contributed by atoms with van der Waals surface area (Å²) >= 11 is 1.72. The quantitative estimate of drug-likeness (QED) is 0.760. The lowest BCUT2D eigenvalue weighted by Crippen LogP contribution is -2.37. The van der Waals surface area contributed by atoms with Crippen LogP contribution in [0.4, 0.5) is 0 Å². The van der Waals surface area contributed by atoms with E-state index in [1.165, 1.54) is 0 Å². The van der Waals surface area contributed by atoms with E-state index in [0.717, 1.165) is 17.7 Å². The van der Waals surface area contributed by atoms with Crippen LogP contribution in [-0.4, -0.2) is 33.8 Å². The Kier molecular flexibility index (Phi) is 6.80. The summed E-state index contributed by atoms with van der Waals surface area (Å²) in [6, 6.07) is 4.22. The highest BCUT2D eigenvalue weighted by Crippen LogP contribution is 2.12. The van der Waals surface area contributed by atoms with E-state index in [-0.39, 0.29) is 11.9 Å². The third-order valence-corrected chi connectivity index (χ3v) is 3.68. The van der Waals surface area contributed by atoms with Gasteiger partial charge in [0, 0.05) is 37.2 Å². The van der Waals surface area contributed by atoms with Gasteiger partial charge in [-0.25, -0.2) is 0 Å². The molecule has 0 spiro atoms. The van der Waals surface area contributed by atoms with Crippen LogP contribution in [0, 0.1) is 0 Å². The molecule has 0 bridgehead atoms. The fourth-order valence-corrected chi connectivity index (χ4v) is 2.11. The van der Waals surface area contributed by atoms with Gasteiger partial charge in [-0.05, 0) is 37.3 Å². The summed E-state index contributed by atoms with van der Waals surface area (Å²) in [5, 5.41) is 0. The van der Waals surface area contributed by atoms with Gasteiger partial charge >= 0.3 is 0 Å².